The highest BCUT2D eigenvalue weighted by atomic mass is 15.4. The minimum atomic E-state index is 0.594. The number of nitrogens with zero attached hydrogens (tertiary/aromatic N) is 3. The summed E-state index contributed by atoms with van der Waals surface area (Å²) in [6.07, 6.45) is 6.99. The van der Waals surface area contributed by atoms with E-state index in [4.69, 9.17) is 0 Å². The molecular formula is C11H21N3. The Labute approximate surface area is 86.8 Å². The molecule has 3 nitrogen and oxygen atoms in total. The van der Waals surface area contributed by atoms with Crippen molar-refractivity contribution in [3.05, 3.63) is 0 Å². The highest BCUT2D eigenvalue weighted by Gasteiger charge is 2.27. The van der Waals surface area contributed by atoms with Crippen molar-refractivity contribution in [2.45, 2.75) is 38.3 Å². The van der Waals surface area contributed by atoms with Gasteiger partial charge in [0.1, 0.15) is 5.84 Å². The standard InChI is InChI=1S/C11H21N3/c1-13(2)11-7-4-3-6-10-12-8-5-9-14(10)11/h11H,3-9H2,1-2H3. The fourth-order valence-electron chi connectivity index (χ4n) is 2.52. The van der Waals surface area contributed by atoms with E-state index in [0.29, 0.717) is 6.17 Å². The highest BCUT2D eigenvalue weighted by Crippen LogP contribution is 2.22. The van der Waals surface area contributed by atoms with E-state index in [0.717, 1.165) is 6.54 Å². The van der Waals surface area contributed by atoms with Crippen molar-refractivity contribution < 1.29 is 0 Å². The monoisotopic (exact) mass is 195 g/mol. The summed E-state index contributed by atoms with van der Waals surface area (Å²) in [4.78, 5) is 9.52. The second kappa shape index (κ2) is 4.30. The first-order valence-electron chi connectivity index (χ1n) is 5.75. The van der Waals surface area contributed by atoms with Crippen LogP contribution in [-0.2, 0) is 0 Å². The van der Waals surface area contributed by atoms with Gasteiger partial charge in [0, 0.05) is 19.5 Å². The molecule has 0 saturated carbocycles. The molecule has 2 aliphatic heterocycles. The van der Waals surface area contributed by atoms with Gasteiger partial charge in [-0.25, -0.2) is 0 Å². The molecule has 0 radical (unpaired) electrons. The van der Waals surface area contributed by atoms with E-state index in [1.54, 1.807) is 0 Å². The van der Waals surface area contributed by atoms with Crippen molar-refractivity contribution in [2.24, 2.45) is 4.99 Å². The van der Waals surface area contributed by atoms with Crippen LogP contribution in [0.1, 0.15) is 32.1 Å². The molecule has 3 heteroatoms. The normalized spacial score (nSPS) is 28.4. The van der Waals surface area contributed by atoms with E-state index in [1.165, 1.54) is 44.5 Å². The van der Waals surface area contributed by atoms with Gasteiger partial charge < -0.3 is 4.90 Å². The van der Waals surface area contributed by atoms with Gasteiger partial charge in [0.05, 0.1) is 6.17 Å². The van der Waals surface area contributed by atoms with Gasteiger partial charge in [-0.2, -0.15) is 0 Å². The Kier molecular flexibility index (Phi) is 3.06. The largest absolute Gasteiger partial charge is 0.345 e. The summed E-state index contributed by atoms with van der Waals surface area (Å²) in [5.41, 5.74) is 0. The lowest BCUT2D eigenvalue weighted by atomic mass is 10.2. The third kappa shape index (κ3) is 1.92. The maximum Gasteiger partial charge on any atom is 0.100 e. The number of rotatable bonds is 1. The summed E-state index contributed by atoms with van der Waals surface area (Å²) in [5.74, 6) is 1.37. The van der Waals surface area contributed by atoms with E-state index < -0.39 is 0 Å². The van der Waals surface area contributed by atoms with Gasteiger partial charge in [0.15, 0.2) is 0 Å². The fourth-order valence-corrected chi connectivity index (χ4v) is 2.52. The van der Waals surface area contributed by atoms with Gasteiger partial charge in [0.2, 0.25) is 0 Å². The predicted molar refractivity (Wildman–Crippen MR) is 59.6 cm³/mol. The summed E-state index contributed by atoms with van der Waals surface area (Å²) in [6.45, 7) is 2.26. The van der Waals surface area contributed by atoms with Crippen molar-refractivity contribution in [3.8, 4) is 0 Å². The molecule has 0 N–H and O–H groups in total. The first kappa shape index (κ1) is 9.97. The molecule has 1 fully saturated rings. The van der Waals surface area contributed by atoms with Gasteiger partial charge in [-0.15, -0.1) is 0 Å². The van der Waals surface area contributed by atoms with Crippen LogP contribution in [0, 0.1) is 0 Å². The number of fused-ring (bicyclic) bond motifs is 1. The maximum atomic E-state index is 4.66. The van der Waals surface area contributed by atoms with E-state index in [-0.39, 0.29) is 0 Å². The summed E-state index contributed by atoms with van der Waals surface area (Å²) in [6, 6.07) is 0. The van der Waals surface area contributed by atoms with Gasteiger partial charge in [0.25, 0.3) is 0 Å². The Hall–Kier alpha value is -0.570. The minimum absolute atomic E-state index is 0.594. The van der Waals surface area contributed by atoms with Crippen molar-refractivity contribution >= 4 is 5.84 Å². The number of hydrogen-bond acceptors (Lipinski definition) is 3. The van der Waals surface area contributed by atoms with Crippen LogP contribution in [-0.4, -0.2) is 49.0 Å². The molecule has 2 heterocycles. The Morgan fingerprint density at radius 1 is 1.29 bits per heavy atom. The third-order valence-corrected chi connectivity index (χ3v) is 3.25. The van der Waals surface area contributed by atoms with Crippen molar-refractivity contribution in [3.63, 3.8) is 0 Å². The summed E-state index contributed by atoms with van der Waals surface area (Å²) in [7, 11) is 4.37. The van der Waals surface area contributed by atoms with Crippen LogP contribution in [0.15, 0.2) is 4.99 Å². The third-order valence-electron chi connectivity index (χ3n) is 3.25. The van der Waals surface area contributed by atoms with Crippen LogP contribution >= 0.6 is 0 Å². The molecule has 0 aromatic heterocycles. The molecule has 0 bridgehead atoms. The van der Waals surface area contributed by atoms with Crippen LogP contribution in [0.3, 0.4) is 0 Å². The first-order chi connectivity index (χ1) is 6.79. The van der Waals surface area contributed by atoms with Gasteiger partial charge in [-0.3, -0.25) is 9.89 Å². The zero-order valence-electron chi connectivity index (χ0n) is 9.37. The van der Waals surface area contributed by atoms with Crippen LogP contribution in [0.5, 0.6) is 0 Å². The van der Waals surface area contributed by atoms with Crippen molar-refractivity contribution in [2.75, 3.05) is 27.2 Å². The first-order valence-corrected chi connectivity index (χ1v) is 5.75. The fraction of sp³-hybridized carbons (Fsp3) is 0.909. The summed E-state index contributed by atoms with van der Waals surface area (Å²) in [5, 5.41) is 0. The zero-order valence-corrected chi connectivity index (χ0v) is 9.37. The maximum absolute atomic E-state index is 4.66. The second-order valence-electron chi connectivity index (χ2n) is 4.53. The Morgan fingerprint density at radius 3 is 2.93 bits per heavy atom. The lowest BCUT2D eigenvalue weighted by Gasteiger charge is -2.38. The smallest absolute Gasteiger partial charge is 0.100 e. The molecular weight excluding hydrogens is 174 g/mol. The van der Waals surface area contributed by atoms with E-state index in [1.807, 2.05) is 0 Å². The number of aliphatic imine (C=N–C) groups is 1. The van der Waals surface area contributed by atoms with Crippen LogP contribution < -0.4 is 0 Å². The SMILES string of the molecule is CN(C)C1CCCCC2=NCCCN21. The molecule has 0 aromatic carbocycles. The van der Waals surface area contributed by atoms with Gasteiger partial charge >= 0.3 is 0 Å². The molecule has 80 valence electrons. The average Bonchev–Trinajstić information content (AvgIpc) is 2.39. The van der Waals surface area contributed by atoms with E-state index >= 15 is 0 Å². The molecule has 0 amide bonds. The molecule has 0 aliphatic carbocycles. The minimum Gasteiger partial charge on any atom is -0.345 e. The number of amidine groups is 1. The lowest BCUT2D eigenvalue weighted by Crippen LogP contribution is -2.49. The summed E-state index contributed by atoms with van der Waals surface area (Å²) < 4.78 is 0. The Bertz CT molecular complexity index is 223. The molecule has 0 aromatic rings. The van der Waals surface area contributed by atoms with E-state index in [9.17, 15) is 0 Å². The molecule has 1 saturated heterocycles. The van der Waals surface area contributed by atoms with Crippen molar-refractivity contribution in [1.82, 2.24) is 9.80 Å². The predicted octanol–water partition coefficient (Wildman–Crippen LogP) is 1.55. The quantitative estimate of drug-likeness (QED) is 0.632. The van der Waals surface area contributed by atoms with Gasteiger partial charge in [-0.1, -0.05) is 0 Å². The van der Waals surface area contributed by atoms with Crippen LogP contribution in [0.2, 0.25) is 0 Å². The van der Waals surface area contributed by atoms with Gasteiger partial charge in [-0.05, 0) is 39.8 Å². The highest BCUT2D eigenvalue weighted by molar-refractivity contribution is 5.83. The molecule has 2 aliphatic rings. The molecule has 0 spiro atoms. The molecule has 14 heavy (non-hydrogen) atoms. The zero-order chi connectivity index (χ0) is 9.97. The molecule has 1 unspecified atom stereocenters. The lowest BCUT2D eigenvalue weighted by molar-refractivity contribution is 0.131. The molecule has 2 rings (SSSR count). The van der Waals surface area contributed by atoms with E-state index in [2.05, 4.69) is 28.9 Å². The Morgan fingerprint density at radius 2 is 2.14 bits per heavy atom. The Balaban J connectivity index is 2.16. The number of hydrogen-bond donors (Lipinski definition) is 0. The van der Waals surface area contributed by atoms with Crippen LogP contribution in [0.4, 0.5) is 0 Å². The average molecular weight is 195 g/mol. The van der Waals surface area contributed by atoms with Crippen LogP contribution in [0.25, 0.3) is 0 Å². The topological polar surface area (TPSA) is 18.8 Å². The van der Waals surface area contributed by atoms with Crippen molar-refractivity contribution in [1.29, 1.82) is 0 Å². The molecule has 1 atom stereocenters. The second-order valence-corrected chi connectivity index (χ2v) is 4.53. The summed E-state index contributed by atoms with van der Waals surface area (Å²) >= 11 is 0.